The number of aliphatic imine (C=N–C) groups is 1. The lowest BCUT2D eigenvalue weighted by Crippen LogP contribution is -2.26. The topological polar surface area (TPSA) is 61.7 Å². The molecule has 2 N–H and O–H groups in total. The number of carbonyl (C=O) groups is 1. The molecular weight excluding hydrogens is 152 g/mol. The molecule has 5 heteroatoms. The molecule has 0 aromatic carbocycles. The van der Waals surface area contributed by atoms with Crippen LogP contribution in [0.2, 0.25) is 0 Å². The predicted octanol–water partition coefficient (Wildman–Crippen LogP) is 0.993. The van der Waals surface area contributed by atoms with Crippen LogP contribution in [0.25, 0.3) is 0 Å². The fourth-order valence-electron chi connectivity index (χ4n) is 0.390. The van der Waals surface area contributed by atoms with Crippen molar-refractivity contribution in [3.05, 3.63) is 0 Å². The average molecular weight is 162 g/mol. The Morgan fingerprint density at radius 3 is 2.70 bits per heavy atom. The van der Waals surface area contributed by atoms with Crippen LogP contribution in [0.1, 0.15) is 6.92 Å². The maximum absolute atomic E-state index is 10.0. The first-order valence-corrected chi connectivity index (χ1v) is 4.01. The van der Waals surface area contributed by atoms with Crippen molar-refractivity contribution in [2.45, 2.75) is 6.92 Å². The Kier molecular flexibility index (Phi) is 4.74. The van der Waals surface area contributed by atoms with Crippen LogP contribution in [0.4, 0.5) is 4.79 Å². The number of amidine groups is 1. The van der Waals surface area contributed by atoms with E-state index >= 15 is 0 Å². The molecule has 1 amide bonds. The van der Waals surface area contributed by atoms with Gasteiger partial charge < -0.3 is 5.11 Å². The second kappa shape index (κ2) is 5.10. The highest BCUT2D eigenvalue weighted by Crippen LogP contribution is 1.93. The molecule has 0 fully saturated rings. The van der Waals surface area contributed by atoms with Gasteiger partial charge in [0.05, 0.1) is 0 Å². The molecule has 58 valence electrons. The zero-order chi connectivity index (χ0) is 7.98. The van der Waals surface area contributed by atoms with Crippen molar-refractivity contribution in [3.63, 3.8) is 0 Å². The van der Waals surface area contributed by atoms with Crippen LogP contribution in [-0.2, 0) is 0 Å². The largest absolute Gasteiger partial charge is 0.465 e. The van der Waals surface area contributed by atoms with E-state index < -0.39 is 6.09 Å². The van der Waals surface area contributed by atoms with E-state index in [0.29, 0.717) is 11.7 Å². The van der Waals surface area contributed by atoms with Gasteiger partial charge in [-0.1, -0.05) is 11.8 Å². The van der Waals surface area contributed by atoms with Crippen molar-refractivity contribution >= 4 is 23.0 Å². The molecule has 0 bridgehead atoms. The lowest BCUT2D eigenvalue weighted by atomic mass is 10.8. The second-order valence-corrected chi connectivity index (χ2v) is 2.21. The van der Waals surface area contributed by atoms with E-state index in [1.165, 1.54) is 11.8 Å². The van der Waals surface area contributed by atoms with Crippen LogP contribution < -0.4 is 5.32 Å². The van der Waals surface area contributed by atoms with Crippen LogP contribution in [0.15, 0.2) is 4.99 Å². The Morgan fingerprint density at radius 2 is 2.40 bits per heavy atom. The molecule has 0 saturated carbocycles. The number of thioether (sulfide) groups is 1. The third-order valence-electron chi connectivity index (χ3n) is 0.709. The van der Waals surface area contributed by atoms with Gasteiger partial charge in [0.2, 0.25) is 0 Å². The summed E-state index contributed by atoms with van der Waals surface area (Å²) in [5.74, 6) is 0. The smallest absolute Gasteiger partial charge is 0.410 e. The number of amides is 1. The molecule has 0 aliphatic carbocycles. The molecule has 0 aliphatic rings. The van der Waals surface area contributed by atoms with E-state index in [4.69, 9.17) is 5.11 Å². The van der Waals surface area contributed by atoms with Gasteiger partial charge in [0, 0.05) is 6.54 Å². The zero-order valence-electron chi connectivity index (χ0n) is 5.92. The van der Waals surface area contributed by atoms with Crippen molar-refractivity contribution in [2.24, 2.45) is 4.99 Å². The van der Waals surface area contributed by atoms with Gasteiger partial charge in [-0.2, -0.15) is 0 Å². The Morgan fingerprint density at radius 1 is 1.80 bits per heavy atom. The first-order chi connectivity index (χ1) is 4.70. The lowest BCUT2D eigenvalue weighted by molar-refractivity contribution is 0.200. The predicted molar refractivity (Wildman–Crippen MR) is 42.7 cm³/mol. The van der Waals surface area contributed by atoms with Gasteiger partial charge in [-0.05, 0) is 13.2 Å². The summed E-state index contributed by atoms with van der Waals surface area (Å²) in [7, 11) is 0. The summed E-state index contributed by atoms with van der Waals surface area (Å²) in [5.41, 5.74) is 0. The lowest BCUT2D eigenvalue weighted by Gasteiger charge is -1.99. The van der Waals surface area contributed by atoms with Crippen molar-refractivity contribution in [3.8, 4) is 0 Å². The Hall–Kier alpha value is -0.710. The van der Waals surface area contributed by atoms with Crippen LogP contribution in [0.3, 0.4) is 0 Å². The number of carboxylic acid groups (broad SMARTS) is 1. The molecule has 0 aliphatic heterocycles. The Labute approximate surface area is 63.7 Å². The van der Waals surface area contributed by atoms with Gasteiger partial charge in [0.25, 0.3) is 0 Å². The molecule has 10 heavy (non-hydrogen) atoms. The van der Waals surface area contributed by atoms with E-state index in [-0.39, 0.29) is 0 Å². The molecule has 0 radical (unpaired) electrons. The minimum absolute atomic E-state index is 0.440. The Balaban J connectivity index is 3.83. The highest BCUT2D eigenvalue weighted by atomic mass is 32.2. The molecule has 0 aromatic rings. The number of nitrogens with one attached hydrogen (secondary N) is 1. The van der Waals surface area contributed by atoms with Gasteiger partial charge in [0.1, 0.15) is 0 Å². The van der Waals surface area contributed by atoms with E-state index in [0.717, 1.165) is 0 Å². The average Bonchev–Trinajstić information content (AvgIpc) is 1.86. The van der Waals surface area contributed by atoms with Gasteiger partial charge in [-0.15, -0.1) is 0 Å². The monoisotopic (exact) mass is 162 g/mol. The van der Waals surface area contributed by atoms with Crippen LogP contribution in [0.5, 0.6) is 0 Å². The fraction of sp³-hybridized carbons (Fsp3) is 0.600. The number of hydrogen-bond donors (Lipinski definition) is 2. The Bertz CT molecular complexity index is 147. The van der Waals surface area contributed by atoms with E-state index in [2.05, 4.69) is 10.3 Å². The third kappa shape index (κ3) is 4.20. The minimum atomic E-state index is -1.07. The summed E-state index contributed by atoms with van der Waals surface area (Å²) in [5, 5.41) is 10.8. The maximum atomic E-state index is 10.0. The fourth-order valence-corrected chi connectivity index (χ4v) is 0.838. The molecule has 0 saturated heterocycles. The van der Waals surface area contributed by atoms with Gasteiger partial charge in [0.15, 0.2) is 5.17 Å². The van der Waals surface area contributed by atoms with E-state index in [9.17, 15) is 4.79 Å². The molecule has 0 spiro atoms. The minimum Gasteiger partial charge on any atom is -0.465 e. The zero-order valence-corrected chi connectivity index (χ0v) is 6.73. The molecule has 4 nitrogen and oxygen atoms in total. The summed E-state index contributed by atoms with van der Waals surface area (Å²) >= 11 is 1.28. The van der Waals surface area contributed by atoms with Gasteiger partial charge in [-0.25, -0.2) is 4.79 Å². The van der Waals surface area contributed by atoms with Crippen molar-refractivity contribution < 1.29 is 9.90 Å². The first-order valence-electron chi connectivity index (χ1n) is 2.79. The number of nitrogens with zero attached hydrogens (tertiary/aromatic N) is 1. The quantitative estimate of drug-likeness (QED) is 0.446. The van der Waals surface area contributed by atoms with E-state index in [1.807, 2.05) is 6.92 Å². The van der Waals surface area contributed by atoms with Crippen molar-refractivity contribution in [1.29, 1.82) is 0 Å². The standard InChI is InChI=1S/C5H10N2O2S/c1-3-6-4(10-2)7-5(8)9/h3H2,1-2H3,(H,6,7)(H,8,9). The maximum Gasteiger partial charge on any atom is 0.410 e. The first kappa shape index (κ1) is 9.29. The molecule has 0 aromatic heterocycles. The summed E-state index contributed by atoms with van der Waals surface area (Å²) in [6, 6.07) is 0. The normalized spacial score (nSPS) is 11.2. The highest BCUT2D eigenvalue weighted by Gasteiger charge is 1.98. The second-order valence-electron chi connectivity index (χ2n) is 1.41. The molecule has 0 atom stereocenters. The third-order valence-corrected chi connectivity index (χ3v) is 1.33. The van der Waals surface area contributed by atoms with Gasteiger partial charge in [-0.3, -0.25) is 10.3 Å². The van der Waals surface area contributed by atoms with Crippen molar-refractivity contribution in [1.82, 2.24) is 5.32 Å². The number of rotatable bonds is 1. The summed E-state index contributed by atoms with van der Waals surface area (Å²) < 4.78 is 0. The highest BCUT2D eigenvalue weighted by molar-refractivity contribution is 8.13. The summed E-state index contributed by atoms with van der Waals surface area (Å²) in [6.45, 7) is 2.44. The summed E-state index contributed by atoms with van der Waals surface area (Å²) in [6.07, 6.45) is 0.700. The number of hydrogen-bond acceptors (Lipinski definition) is 3. The molecule has 0 rings (SSSR count). The summed E-state index contributed by atoms with van der Waals surface area (Å²) in [4.78, 5) is 13.9. The van der Waals surface area contributed by atoms with Crippen molar-refractivity contribution in [2.75, 3.05) is 12.8 Å². The SMILES string of the molecule is CCN=C(NC(=O)O)SC. The molecule has 0 heterocycles. The molecular formula is C5H10N2O2S. The van der Waals surface area contributed by atoms with E-state index in [1.54, 1.807) is 6.26 Å². The van der Waals surface area contributed by atoms with Crippen LogP contribution in [0, 0.1) is 0 Å². The van der Waals surface area contributed by atoms with Gasteiger partial charge >= 0.3 is 6.09 Å². The van der Waals surface area contributed by atoms with Crippen LogP contribution in [-0.4, -0.2) is 29.2 Å². The van der Waals surface area contributed by atoms with Crippen LogP contribution >= 0.6 is 11.8 Å². The molecule has 0 unspecified atom stereocenters.